The topological polar surface area (TPSA) is 52.7 Å². The highest BCUT2D eigenvalue weighted by atomic mass is 19.1. The predicted octanol–water partition coefficient (Wildman–Crippen LogP) is 3.38. The Morgan fingerprint density at radius 3 is 2.54 bits per heavy atom. The van der Waals surface area contributed by atoms with E-state index in [1.807, 2.05) is 19.2 Å². The fourth-order valence-corrected chi connectivity index (χ4v) is 2.78. The molecule has 0 bridgehead atoms. The van der Waals surface area contributed by atoms with Gasteiger partial charge in [0.25, 0.3) is 0 Å². The average molecular weight is 320 g/mol. The van der Waals surface area contributed by atoms with E-state index in [0.717, 1.165) is 28.6 Å². The van der Waals surface area contributed by atoms with Crippen molar-refractivity contribution in [3.63, 3.8) is 0 Å². The zero-order valence-corrected chi connectivity index (χ0v) is 12.8. The molecule has 0 radical (unpaired) electrons. The van der Waals surface area contributed by atoms with Crippen LogP contribution in [0, 0.1) is 5.82 Å². The van der Waals surface area contributed by atoms with E-state index in [0.29, 0.717) is 11.3 Å². The van der Waals surface area contributed by atoms with Gasteiger partial charge in [-0.05, 0) is 42.5 Å². The minimum atomic E-state index is -0.303. The summed E-state index contributed by atoms with van der Waals surface area (Å²) in [5.74, 6) is 0.495. The predicted molar refractivity (Wildman–Crippen MR) is 88.6 cm³/mol. The molecular formula is C18H13FN4O. The van der Waals surface area contributed by atoms with Crippen molar-refractivity contribution in [3.8, 4) is 17.1 Å². The molecule has 0 N–H and O–H groups in total. The van der Waals surface area contributed by atoms with Crippen molar-refractivity contribution in [2.45, 2.75) is 0 Å². The molecule has 0 amide bonds. The molecule has 118 valence electrons. The van der Waals surface area contributed by atoms with Gasteiger partial charge in [0.15, 0.2) is 5.82 Å². The van der Waals surface area contributed by atoms with Crippen molar-refractivity contribution >= 4 is 17.2 Å². The van der Waals surface area contributed by atoms with Gasteiger partial charge in [0.1, 0.15) is 17.8 Å². The fourth-order valence-electron chi connectivity index (χ4n) is 2.78. The minimum Gasteiger partial charge on any atom is -0.298 e. The van der Waals surface area contributed by atoms with Gasteiger partial charge in [0.05, 0.1) is 11.7 Å². The molecule has 0 aliphatic rings. The number of aryl methyl sites for hydroxylation is 1. The highest BCUT2D eigenvalue weighted by molar-refractivity contribution is 5.97. The first-order chi connectivity index (χ1) is 11.7. The smallest absolute Gasteiger partial charge is 0.152 e. The molecular weight excluding hydrogens is 307 g/mol. The normalized spacial score (nSPS) is 11.1. The molecule has 0 aliphatic carbocycles. The maximum atomic E-state index is 13.2. The van der Waals surface area contributed by atoms with E-state index in [4.69, 9.17) is 0 Å². The third kappa shape index (κ3) is 2.20. The summed E-state index contributed by atoms with van der Waals surface area (Å²) in [6.45, 7) is 0. The Bertz CT molecular complexity index is 1050. The number of hydrogen-bond donors (Lipinski definition) is 0. The average Bonchev–Trinajstić information content (AvgIpc) is 3.18. The van der Waals surface area contributed by atoms with Crippen LogP contribution >= 0.6 is 0 Å². The molecule has 0 unspecified atom stereocenters. The van der Waals surface area contributed by atoms with Crippen molar-refractivity contribution in [3.05, 3.63) is 66.1 Å². The zero-order chi connectivity index (χ0) is 16.7. The molecule has 2 aromatic heterocycles. The van der Waals surface area contributed by atoms with Crippen LogP contribution in [0.3, 0.4) is 0 Å². The Morgan fingerprint density at radius 2 is 1.88 bits per heavy atom. The largest absolute Gasteiger partial charge is 0.298 e. The Labute approximate surface area is 136 Å². The summed E-state index contributed by atoms with van der Waals surface area (Å²) in [6, 6.07) is 13.4. The van der Waals surface area contributed by atoms with Gasteiger partial charge in [-0.2, -0.15) is 10.2 Å². The molecule has 0 spiro atoms. The Kier molecular flexibility index (Phi) is 3.23. The van der Waals surface area contributed by atoms with Crippen molar-refractivity contribution in [2.24, 2.45) is 7.05 Å². The van der Waals surface area contributed by atoms with Gasteiger partial charge in [-0.25, -0.2) is 9.07 Å². The Balaban J connectivity index is 2.03. The quantitative estimate of drug-likeness (QED) is 0.544. The standard InChI is InChI=1S/C18H13FN4O/c1-22-17(8-9-20-22)23-16-7-2-12(11-24)10-15(16)18(21-23)13-3-5-14(19)6-4-13/h2-11H,1H3. The van der Waals surface area contributed by atoms with Crippen LogP contribution < -0.4 is 0 Å². The van der Waals surface area contributed by atoms with Crippen LogP contribution in [-0.4, -0.2) is 25.8 Å². The lowest BCUT2D eigenvalue weighted by Crippen LogP contribution is -2.04. The summed E-state index contributed by atoms with van der Waals surface area (Å²) in [4.78, 5) is 11.1. The summed E-state index contributed by atoms with van der Waals surface area (Å²) in [5, 5.41) is 9.69. The third-order valence-corrected chi connectivity index (χ3v) is 3.97. The number of aromatic nitrogens is 4. The summed E-state index contributed by atoms with van der Waals surface area (Å²) < 4.78 is 16.7. The molecule has 2 aromatic carbocycles. The van der Waals surface area contributed by atoms with Gasteiger partial charge in [0, 0.05) is 29.6 Å². The zero-order valence-electron chi connectivity index (χ0n) is 12.8. The van der Waals surface area contributed by atoms with Crippen molar-refractivity contribution in [2.75, 3.05) is 0 Å². The van der Waals surface area contributed by atoms with Crippen LogP contribution in [0.15, 0.2) is 54.7 Å². The second-order valence-corrected chi connectivity index (χ2v) is 5.47. The summed E-state index contributed by atoms with van der Waals surface area (Å²) in [5.41, 5.74) is 2.89. The molecule has 0 saturated heterocycles. The van der Waals surface area contributed by atoms with E-state index in [1.54, 1.807) is 39.8 Å². The lowest BCUT2D eigenvalue weighted by Gasteiger charge is -2.03. The van der Waals surface area contributed by atoms with Gasteiger partial charge >= 0.3 is 0 Å². The lowest BCUT2D eigenvalue weighted by atomic mass is 10.1. The van der Waals surface area contributed by atoms with Crippen molar-refractivity contribution in [1.29, 1.82) is 0 Å². The van der Waals surface area contributed by atoms with Crippen LogP contribution in [0.25, 0.3) is 28.0 Å². The van der Waals surface area contributed by atoms with Crippen LogP contribution in [0.2, 0.25) is 0 Å². The van der Waals surface area contributed by atoms with Gasteiger partial charge in [0.2, 0.25) is 0 Å². The monoisotopic (exact) mass is 320 g/mol. The molecule has 2 heterocycles. The number of carbonyl (C=O) groups excluding carboxylic acids is 1. The van der Waals surface area contributed by atoms with Gasteiger partial charge in [-0.3, -0.25) is 9.48 Å². The number of hydrogen-bond acceptors (Lipinski definition) is 3. The molecule has 0 atom stereocenters. The van der Waals surface area contributed by atoms with Crippen molar-refractivity contribution < 1.29 is 9.18 Å². The molecule has 4 rings (SSSR count). The van der Waals surface area contributed by atoms with E-state index in [9.17, 15) is 9.18 Å². The Morgan fingerprint density at radius 1 is 1.08 bits per heavy atom. The number of rotatable bonds is 3. The summed E-state index contributed by atoms with van der Waals surface area (Å²) in [6.07, 6.45) is 2.50. The number of benzene rings is 2. The molecule has 0 fully saturated rings. The van der Waals surface area contributed by atoms with E-state index in [-0.39, 0.29) is 5.82 Å². The van der Waals surface area contributed by atoms with Crippen LogP contribution in [0.1, 0.15) is 10.4 Å². The summed E-state index contributed by atoms with van der Waals surface area (Å²) >= 11 is 0. The van der Waals surface area contributed by atoms with E-state index >= 15 is 0 Å². The molecule has 0 aliphatic heterocycles. The number of aldehydes is 1. The van der Waals surface area contributed by atoms with Gasteiger partial charge in [-0.1, -0.05) is 0 Å². The highest BCUT2D eigenvalue weighted by Crippen LogP contribution is 2.30. The molecule has 24 heavy (non-hydrogen) atoms. The minimum absolute atomic E-state index is 0.303. The molecule has 5 nitrogen and oxygen atoms in total. The van der Waals surface area contributed by atoms with Crippen molar-refractivity contribution in [1.82, 2.24) is 19.6 Å². The number of carbonyl (C=O) groups is 1. The second kappa shape index (κ2) is 5.42. The first kappa shape index (κ1) is 14.3. The van der Waals surface area contributed by atoms with E-state index < -0.39 is 0 Å². The molecule has 6 heteroatoms. The molecule has 4 aromatic rings. The Hall–Kier alpha value is -3.28. The maximum Gasteiger partial charge on any atom is 0.152 e. The van der Waals surface area contributed by atoms with E-state index in [1.165, 1.54) is 12.1 Å². The lowest BCUT2D eigenvalue weighted by molar-refractivity contribution is 0.112. The number of halogens is 1. The van der Waals surface area contributed by atoms with Crippen LogP contribution in [0.4, 0.5) is 4.39 Å². The SMILES string of the molecule is Cn1nccc1-n1nc(-c2ccc(F)cc2)c2cc(C=O)ccc21. The molecule has 0 saturated carbocycles. The maximum absolute atomic E-state index is 13.2. The van der Waals surface area contributed by atoms with Gasteiger partial charge in [-0.15, -0.1) is 0 Å². The fraction of sp³-hybridized carbons (Fsp3) is 0.0556. The third-order valence-electron chi connectivity index (χ3n) is 3.97. The van der Waals surface area contributed by atoms with Crippen LogP contribution in [0.5, 0.6) is 0 Å². The second-order valence-electron chi connectivity index (χ2n) is 5.47. The van der Waals surface area contributed by atoms with Gasteiger partial charge < -0.3 is 0 Å². The first-order valence-corrected chi connectivity index (χ1v) is 7.39. The number of fused-ring (bicyclic) bond motifs is 1. The number of nitrogens with zero attached hydrogens (tertiary/aromatic N) is 4. The summed E-state index contributed by atoms with van der Waals surface area (Å²) in [7, 11) is 1.83. The van der Waals surface area contributed by atoms with Crippen LogP contribution in [-0.2, 0) is 7.05 Å². The highest BCUT2D eigenvalue weighted by Gasteiger charge is 2.16. The van der Waals surface area contributed by atoms with E-state index in [2.05, 4.69) is 10.2 Å². The first-order valence-electron chi connectivity index (χ1n) is 7.39.